The maximum absolute atomic E-state index is 13.0. The molecule has 0 aliphatic carbocycles. The summed E-state index contributed by atoms with van der Waals surface area (Å²) in [5, 5.41) is 0.397. The molecule has 1 fully saturated rings. The minimum atomic E-state index is -0.366. The third-order valence-electron chi connectivity index (χ3n) is 2.22. The molecular formula is C11H11FO2S. The number of halogens is 1. The second kappa shape index (κ2) is 4.33. The van der Waals surface area contributed by atoms with Crippen LogP contribution in [0.3, 0.4) is 0 Å². The van der Waals surface area contributed by atoms with Gasteiger partial charge in [0, 0.05) is 10.5 Å². The van der Waals surface area contributed by atoms with Crippen LogP contribution in [0.25, 0.3) is 0 Å². The molecule has 0 radical (unpaired) electrons. The van der Waals surface area contributed by atoms with Gasteiger partial charge in [-0.1, -0.05) is 0 Å². The maximum atomic E-state index is 13.0. The van der Waals surface area contributed by atoms with E-state index in [2.05, 4.69) is 0 Å². The molecule has 1 saturated heterocycles. The Labute approximate surface area is 91.8 Å². The Balaban J connectivity index is 2.23. The van der Waals surface area contributed by atoms with Crippen LogP contribution < -0.4 is 0 Å². The maximum Gasteiger partial charge on any atom is 0.161 e. The minimum Gasteiger partial charge on any atom is -0.379 e. The highest BCUT2D eigenvalue weighted by atomic mass is 32.2. The number of ether oxygens (including phenoxy) is 1. The van der Waals surface area contributed by atoms with Gasteiger partial charge in [0.1, 0.15) is 5.82 Å². The molecule has 4 heteroatoms. The summed E-state index contributed by atoms with van der Waals surface area (Å²) in [5.74, 6) is -0.466. The van der Waals surface area contributed by atoms with Gasteiger partial charge in [-0.25, -0.2) is 4.39 Å². The van der Waals surface area contributed by atoms with Crippen LogP contribution in [0.1, 0.15) is 17.3 Å². The first-order chi connectivity index (χ1) is 7.16. The number of carbonyl (C=O) groups excluding carboxylic acids is 1. The van der Waals surface area contributed by atoms with Crippen LogP contribution in [0.15, 0.2) is 23.1 Å². The van der Waals surface area contributed by atoms with E-state index < -0.39 is 0 Å². The van der Waals surface area contributed by atoms with Gasteiger partial charge in [0.05, 0.1) is 18.5 Å². The van der Waals surface area contributed by atoms with Gasteiger partial charge in [-0.3, -0.25) is 4.79 Å². The molecule has 2 nitrogen and oxygen atoms in total. The fourth-order valence-corrected chi connectivity index (χ4v) is 2.51. The molecule has 1 aliphatic heterocycles. The molecule has 0 saturated carbocycles. The van der Waals surface area contributed by atoms with Gasteiger partial charge < -0.3 is 4.74 Å². The van der Waals surface area contributed by atoms with E-state index in [1.807, 2.05) is 0 Å². The van der Waals surface area contributed by atoms with Crippen molar-refractivity contribution < 1.29 is 13.9 Å². The highest BCUT2D eigenvalue weighted by Crippen LogP contribution is 2.31. The number of rotatable bonds is 3. The number of Topliss-reactive ketones (excluding diaryl/α,β-unsaturated/α-hetero) is 1. The Morgan fingerprint density at radius 1 is 1.53 bits per heavy atom. The zero-order valence-electron chi connectivity index (χ0n) is 8.33. The van der Waals surface area contributed by atoms with E-state index in [1.54, 1.807) is 17.8 Å². The number of hydrogen-bond acceptors (Lipinski definition) is 3. The Kier molecular flexibility index (Phi) is 3.07. The molecule has 0 aromatic heterocycles. The van der Waals surface area contributed by atoms with Crippen LogP contribution >= 0.6 is 11.8 Å². The number of hydrogen-bond donors (Lipinski definition) is 0. The summed E-state index contributed by atoms with van der Waals surface area (Å²) < 4.78 is 18.0. The Morgan fingerprint density at radius 2 is 2.27 bits per heavy atom. The van der Waals surface area contributed by atoms with Crippen molar-refractivity contribution in [2.24, 2.45) is 0 Å². The van der Waals surface area contributed by atoms with Crippen molar-refractivity contribution in [1.82, 2.24) is 0 Å². The van der Waals surface area contributed by atoms with E-state index in [-0.39, 0.29) is 11.6 Å². The molecule has 1 heterocycles. The van der Waals surface area contributed by atoms with Gasteiger partial charge in [-0.15, -0.1) is 11.8 Å². The van der Waals surface area contributed by atoms with Crippen LogP contribution in [-0.2, 0) is 4.74 Å². The second-order valence-electron chi connectivity index (χ2n) is 3.47. The van der Waals surface area contributed by atoms with E-state index in [4.69, 9.17) is 4.74 Å². The van der Waals surface area contributed by atoms with E-state index in [0.717, 1.165) is 4.90 Å². The summed E-state index contributed by atoms with van der Waals surface area (Å²) in [7, 11) is 0. The summed E-state index contributed by atoms with van der Waals surface area (Å²) in [6.45, 7) is 2.87. The number of thioether (sulfide) groups is 1. The highest BCUT2D eigenvalue weighted by Gasteiger charge is 2.21. The largest absolute Gasteiger partial charge is 0.379 e. The zero-order valence-corrected chi connectivity index (χ0v) is 9.14. The monoisotopic (exact) mass is 226 g/mol. The molecule has 0 N–H and O–H groups in total. The molecule has 0 amide bonds. The van der Waals surface area contributed by atoms with Crippen LogP contribution in [0.5, 0.6) is 0 Å². The summed E-state index contributed by atoms with van der Waals surface area (Å²) >= 11 is 1.58. The predicted molar refractivity (Wildman–Crippen MR) is 56.9 cm³/mol. The third kappa shape index (κ3) is 2.38. The lowest BCUT2D eigenvalue weighted by Crippen LogP contribution is -2.30. The Morgan fingerprint density at radius 3 is 2.80 bits per heavy atom. The number of ketones is 1. The van der Waals surface area contributed by atoms with Gasteiger partial charge in [-0.05, 0) is 25.1 Å². The molecule has 0 spiro atoms. The first-order valence-corrected chi connectivity index (χ1v) is 5.59. The van der Waals surface area contributed by atoms with Crippen LogP contribution in [0, 0.1) is 5.82 Å². The van der Waals surface area contributed by atoms with Crippen LogP contribution in [-0.4, -0.2) is 24.2 Å². The number of carbonyl (C=O) groups is 1. The third-order valence-corrected chi connectivity index (χ3v) is 3.44. The van der Waals surface area contributed by atoms with Gasteiger partial charge in [0.15, 0.2) is 5.78 Å². The van der Waals surface area contributed by atoms with Gasteiger partial charge in [0.2, 0.25) is 0 Å². The average Bonchev–Trinajstić information content (AvgIpc) is 2.12. The van der Waals surface area contributed by atoms with Crippen molar-refractivity contribution >= 4 is 17.5 Å². The van der Waals surface area contributed by atoms with Gasteiger partial charge >= 0.3 is 0 Å². The van der Waals surface area contributed by atoms with Crippen molar-refractivity contribution in [2.45, 2.75) is 17.1 Å². The fourth-order valence-electron chi connectivity index (χ4n) is 1.34. The molecule has 2 rings (SSSR count). The van der Waals surface area contributed by atoms with Crippen molar-refractivity contribution in [2.75, 3.05) is 13.2 Å². The molecule has 0 unspecified atom stereocenters. The topological polar surface area (TPSA) is 26.3 Å². The summed E-state index contributed by atoms with van der Waals surface area (Å²) in [5.41, 5.74) is 0.465. The molecule has 1 aromatic carbocycles. The first kappa shape index (κ1) is 10.6. The summed E-state index contributed by atoms with van der Waals surface area (Å²) in [6.07, 6.45) is 0. The van der Waals surface area contributed by atoms with Gasteiger partial charge in [-0.2, -0.15) is 0 Å². The molecule has 1 aliphatic rings. The molecule has 15 heavy (non-hydrogen) atoms. The quantitative estimate of drug-likeness (QED) is 0.741. The molecule has 80 valence electrons. The standard InChI is InChI=1S/C11H11FO2S/c1-7(13)10-4-8(12)2-3-11(10)15-9-5-14-6-9/h2-4,9H,5-6H2,1H3. The summed E-state index contributed by atoms with van der Waals surface area (Å²) in [6, 6.07) is 4.34. The van der Waals surface area contributed by atoms with E-state index in [0.29, 0.717) is 24.0 Å². The van der Waals surface area contributed by atoms with E-state index >= 15 is 0 Å². The predicted octanol–water partition coefficient (Wildman–Crippen LogP) is 2.52. The van der Waals surface area contributed by atoms with Crippen molar-refractivity contribution in [3.63, 3.8) is 0 Å². The second-order valence-corrected chi connectivity index (χ2v) is 4.82. The lowest BCUT2D eigenvalue weighted by atomic mass is 10.1. The SMILES string of the molecule is CC(=O)c1cc(F)ccc1SC1COC1. The normalized spacial score (nSPS) is 16.1. The van der Waals surface area contributed by atoms with Crippen LogP contribution in [0.2, 0.25) is 0 Å². The fraction of sp³-hybridized carbons (Fsp3) is 0.364. The van der Waals surface area contributed by atoms with Gasteiger partial charge in [0.25, 0.3) is 0 Å². The molecular weight excluding hydrogens is 215 g/mol. The Hall–Kier alpha value is -0.870. The average molecular weight is 226 g/mol. The molecule has 1 aromatic rings. The lowest BCUT2D eigenvalue weighted by Gasteiger charge is -2.25. The summed E-state index contributed by atoms with van der Waals surface area (Å²) in [4.78, 5) is 12.1. The minimum absolute atomic E-state index is 0.0998. The van der Waals surface area contributed by atoms with Crippen molar-refractivity contribution in [3.05, 3.63) is 29.6 Å². The highest BCUT2D eigenvalue weighted by molar-refractivity contribution is 8.00. The van der Waals surface area contributed by atoms with Crippen molar-refractivity contribution in [3.8, 4) is 0 Å². The first-order valence-electron chi connectivity index (χ1n) is 4.71. The molecule has 0 bridgehead atoms. The zero-order chi connectivity index (χ0) is 10.8. The molecule has 0 atom stereocenters. The van der Waals surface area contributed by atoms with E-state index in [1.165, 1.54) is 19.1 Å². The van der Waals surface area contributed by atoms with Crippen molar-refractivity contribution in [1.29, 1.82) is 0 Å². The number of benzene rings is 1. The van der Waals surface area contributed by atoms with Crippen LogP contribution in [0.4, 0.5) is 4.39 Å². The smallest absolute Gasteiger partial charge is 0.161 e. The Bertz CT molecular complexity index is 388. The lowest BCUT2D eigenvalue weighted by molar-refractivity contribution is 0.0455. The van der Waals surface area contributed by atoms with E-state index in [9.17, 15) is 9.18 Å².